The van der Waals surface area contributed by atoms with Gasteiger partial charge in [0, 0.05) is 50.2 Å². The second-order valence-electron chi connectivity index (χ2n) is 7.52. The first-order valence-corrected chi connectivity index (χ1v) is 11.3. The molecule has 0 aromatic carbocycles. The number of thiazole rings is 1. The zero-order valence-electron chi connectivity index (χ0n) is 16.5. The fraction of sp³-hybridized carbons (Fsp3) is 0.800. The average molecular weight is 378 g/mol. The second kappa shape index (κ2) is 10.3. The monoisotopic (exact) mass is 377 g/mol. The summed E-state index contributed by atoms with van der Waals surface area (Å²) in [6.45, 7) is 12.3. The van der Waals surface area contributed by atoms with Crippen LogP contribution in [0.4, 0.5) is 0 Å². The molecular weight excluding hydrogens is 342 g/mol. The van der Waals surface area contributed by atoms with E-state index in [2.05, 4.69) is 33.9 Å². The lowest BCUT2D eigenvalue weighted by Crippen LogP contribution is -2.41. The Kier molecular flexibility index (Phi) is 7.74. The number of rotatable bonds is 7. The van der Waals surface area contributed by atoms with E-state index in [1.54, 1.807) is 0 Å². The topological polar surface area (TPSA) is 43.8 Å². The smallest absolute Gasteiger partial charge is 0.193 e. The Morgan fingerprint density at radius 3 is 2.85 bits per heavy atom. The number of aryl methyl sites for hydroxylation is 1. The molecule has 2 aliphatic rings. The summed E-state index contributed by atoms with van der Waals surface area (Å²) >= 11 is 1.83. The van der Waals surface area contributed by atoms with Crippen molar-refractivity contribution < 1.29 is 0 Å². The van der Waals surface area contributed by atoms with Crippen LogP contribution >= 0.6 is 11.3 Å². The summed E-state index contributed by atoms with van der Waals surface area (Å²) in [5.74, 6) is 1.89. The quantitative estimate of drug-likeness (QED) is 0.586. The van der Waals surface area contributed by atoms with Crippen LogP contribution < -0.4 is 5.32 Å². The maximum atomic E-state index is 4.89. The minimum atomic E-state index is 0.794. The molecule has 2 fully saturated rings. The lowest BCUT2D eigenvalue weighted by atomic mass is 10.1. The molecule has 3 rings (SSSR count). The summed E-state index contributed by atoms with van der Waals surface area (Å²) in [6.07, 6.45) is 9.53. The second-order valence-corrected chi connectivity index (χ2v) is 8.72. The number of likely N-dealkylation sites (tertiary alicyclic amines) is 2. The molecule has 1 N–H and O–H groups in total. The summed E-state index contributed by atoms with van der Waals surface area (Å²) in [4.78, 5) is 15.9. The fourth-order valence-corrected chi connectivity index (χ4v) is 4.84. The number of hydrogen-bond donors (Lipinski definition) is 1. The fourth-order valence-electron chi connectivity index (χ4n) is 3.99. The van der Waals surface area contributed by atoms with E-state index in [9.17, 15) is 0 Å². The number of piperidine rings is 1. The first kappa shape index (κ1) is 19.6. The third-order valence-electron chi connectivity index (χ3n) is 5.42. The van der Waals surface area contributed by atoms with Crippen molar-refractivity contribution in [3.63, 3.8) is 0 Å². The molecule has 146 valence electrons. The molecule has 0 saturated carbocycles. The van der Waals surface area contributed by atoms with Crippen LogP contribution in [-0.4, -0.2) is 66.6 Å². The van der Waals surface area contributed by atoms with Crippen LogP contribution in [0.15, 0.2) is 11.2 Å². The lowest BCUT2D eigenvalue weighted by Gasteiger charge is -2.29. The molecule has 5 nitrogen and oxygen atoms in total. The number of nitrogens with one attached hydrogen (secondary N) is 1. The molecule has 1 aromatic rings. The van der Waals surface area contributed by atoms with E-state index in [0.717, 1.165) is 50.9 Å². The predicted octanol–water partition coefficient (Wildman–Crippen LogP) is 3.02. The van der Waals surface area contributed by atoms with Crippen molar-refractivity contribution in [1.29, 1.82) is 0 Å². The molecule has 1 aromatic heterocycles. The summed E-state index contributed by atoms with van der Waals surface area (Å²) < 4.78 is 0. The Morgan fingerprint density at radius 1 is 1.27 bits per heavy atom. The van der Waals surface area contributed by atoms with Crippen molar-refractivity contribution in [2.75, 3.05) is 45.8 Å². The lowest BCUT2D eigenvalue weighted by molar-refractivity contribution is 0.198. The number of hydrogen-bond acceptors (Lipinski definition) is 4. The molecule has 2 aliphatic heterocycles. The van der Waals surface area contributed by atoms with E-state index >= 15 is 0 Å². The first-order valence-electron chi connectivity index (χ1n) is 10.5. The molecule has 0 aliphatic carbocycles. The highest BCUT2D eigenvalue weighted by Crippen LogP contribution is 2.20. The van der Waals surface area contributed by atoms with Crippen molar-refractivity contribution in [2.45, 2.75) is 52.4 Å². The van der Waals surface area contributed by atoms with Gasteiger partial charge in [-0.05, 0) is 51.6 Å². The Balaban J connectivity index is 1.48. The van der Waals surface area contributed by atoms with Gasteiger partial charge in [0.15, 0.2) is 5.96 Å². The van der Waals surface area contributed by atoms with E-state index in [-0.39, 0.29) is 0 Å². The summed E-state index contributed by atoms with van der Waals surface area (Å²) in [5.41, 5.74) is 0. The van der Waals surface area contributed by atoms with Crippen LogP contribution in [-0.2, 0) is 12.8 Å². The van der Waals surface area contributed by atoms with Crippen LogP contribution in [0.25, 0.3) is 0 Å². The summed E-state index contributed by atoms with van der Waals surface area (Å²) in [5, 5.41) is 4.71. The molecule has 3 heterocycles. The van der Waals surface area contributed by atoms with Crippen molar-refractivity contribution in [2.24, 2.45) is 10.9 Å². The molecule has 0 spiro atoms. The molecule has 26 heavy (non-hydrogen) atoms. The van der Waals surface area contributed by atoms with Gasteiger partial charge in [-0.1, -0.05) is 13.3 Å². The average Bonchev–Trinajstić information content (AvgIpc) is 3.31. The minimum absolute atomic E-state index is 0.794. The molecule has 2 saturated heterocycles. The largest absolute Gasteiger partial charge is 0.357 e. The maximum absolute atomic E-state index is 4.89. The van der Waals surface area contributed by atoms with Gasteiger partial charge < -0.3 is 15.1 Å². The molecule has 0 amide bonds. The van der Waals surface area contributed by atoms with E-state index in [1.807, 2.05) is 17.5 Å². The van der Waals surface area contributed by atoms with Crippen molar-refractivity contribution in [3.8, 4) is 0 Å². The van der Waals surface area contributed by atoms with Gasteiger partial charge in [-0.2, -0.15) is 0 Å². The molecule has 0 bridgehead atoms. The normalized spacial score (nSPS) is 22.2. The maximum Gasteiger partial charge on any atom is 0.193 e. The molecule has 1 unspecified atom stereocenters. The zero-order valence-corrected chi connectivity index (χ0v) is 17.4. The highest BCUT2D eigenvalue weighted by molar-refractivity contribution is 7.11. The highest BCUT2D eigenvalue weighted by atomic mass is 32.1. The van der Waals surface area contributed by atoms with Crippen LogP contribution in [0, 0.1) is 5.92 Å². The number of aromatic nitrogens is 1. The van der Waals surface area contributed by atoms with Gasteiger partial charge in [0.25, 0.3) is 0 Å². The Bertz CT molecular complexity index is 564. The van der Waals surface area contributed by atoms with Crippen molar-refractivity contribution in [3.05, 3.63) is 16.1 Å². The predicted molar refractivity (Wildman–Crippen MR) is 111 cm³/mol. The van der Waals surface area contributed by atoms with Crippen LogP contribution in [0.5, 0.6) is 0 Å². The van der Waals surface area contributed by atoms with Crippen LogP contribution in [0.2, 0.25) is 0 Å². The zero-order chi connectivity index (χ0) is 18.2. The Hall–Kier alpha value is -1.14. The van der Waals surface area contributed by atoms with Gasteiger partial charge in [-0.3, -0.25) is 4.99 Å². The van der Waals surface area contributed by atoms with Gasteiger partial charge in [0.1, 0.15) is 0 Å². The van der Waals surface area contributed by atoms with E-state index in [1.165, 1.54) is 55.2 Å². The van der Waals surface area contributed by atoms with Crippen molar-refractivity contribution in [1.82, 2.24) is 20.1 Å². The number of nitrogens with zero attached hydrogens (tertiary/aromatic N) is 4. The molecule has 1 atom stereocenters. The van der Waals surface area contributed by atoms with Gasteiger partial charge in [0.2, 0.25) is 0 Å². The summed E-state index contributed by atoms with van der Waals surface area (Å²) in [6, 6.07) is 0. The third kappa shape index (κ3) is 5.68. The number of aliphatic imine (C=N–C) groups is 1. The minimum Gasteiger partial charge on any atom is -0.357 e. The SMILES string of the molecule is CCNC(=NCCc1ncc(CC)s1)N1CCC(CN2CCCCC2)C1. The van der Waals surface area contributed by atoms with Gasteiger partial charge in [-0.15, -0.1) is 11.3 Å². The van der Waals surface area contributed by atoms with E-state index in [4.69, 9.17) is 4.99 Å². The van der Waals surface area contributed by atoms with Gasteiger partial charge in [0.05, 0.1) is 5.01 Å². The third-order valence-corrected chi connectivity index (χ3v) is 6.62. The Labute approximate surface area is 162 Å². The highest BCUT2D eigenvalue weighted by Gasteiger charge is 2.26. The van der Waals surface area contributed by atoms with Gasteiger partial charge >= 0.3 is 0 Å². The van der Waals surface area contributed by atoms with Gasteiger partial charge in [-0.25, -0.2) is 4.98 Å². The van der Waals surface area contributed by atoms with Crippen molar-refractivity contribution >= 4 is 17.3 Å². The Morgan fingerprint density at radius 2 is 2.12 bits per heavy atom. The van der Waals surface area contributed by atoms with E-state index < -0.39 is 0 Å². The number of guanidine groups is 1. The molecule has 6 heteroatoms. The standard InChI is InChI=1S/C20H35N5S/c1-3-18-14-23-19(26-18)8-10-22-20(21-4-2)25-13-9-17(16-25)15-24-11-6-5-7-12-24/h14,17H,3-13,15-16H2,1-2H3,(H,21,22). The van der Waals surface area contributed by atoms with E-state index in [0.29, 0.717) is 0 Å². The summed E-state index contributed by atoms with van der Waals surface area (Å²) in [7, 11) is 0. The molecular formula is C20H35N5S. The van der Waals surface area contributed by atoms with Crippen LogP contribution in [0.3, 0.4) is 0 Å². The molecule has 0 radical (unpaired) electrons. The van der Waals surface area contributed by atoms with Crippen LogP contribution in [0.1, 0.15) is 49.4 Å². The first-order chi connectivity index (χ1) is 12.8.